The summed E-state index contributed by atoms with van der Waals surface area (Å²) in [5, 5.41) is 21.5. The minimum atomic E-state index is -1.26. The van der Waals surface area contributed by atoms with Gasteiger partial charge >= 0.3 is 0 Å². The summed E-state index contributed by atoms with van der Waals surface area (Å²) >= 11 is 0. The molecule has 0 aliphatic carbocycles. The van der Waals surface area contributed by atoms with Crippen LogP contribution in [-0.2, 0) is 5.41 Å². The Morgan fingerprint density at radius 3 is 2.28 bits per heavy atom. The van der Waals surface area contributed by atoms with E-state index >= 15 is 0 Å². The molecule has 2 aromatic carbocycles. The van der Waals surface area contributed by atoms with Gasteiger partial charge in [-0.25, -0.2) is 0 Å². The van der Waals surface area contributed by atoms with Crippen molar-refractivity contribution in [3.63, 3.8) is 0 Å². The molecule has 25 heavy (non-hydrogen) atoms. The summed E-state index contributed by atoms with van der Waals surface area (Å²) in [6, 6.07) is 14.9. The molecule has 0 aromatic heterocycles. The van der Waals surface area contributed by atoms with E-state index in [4.69, 9.17) is 11.2 Å². The number of benzene rings is 2. The summed E-state index contributed by atoms with van der Waals surface area (Å²) in [6.07, 6.45) is 5.68. The first kappa shape index (κ1) is 18.5. The zero-order valence-electron chi connectivity index (χ0n) is 14.1. The maximum Gasteiger partial charge on any atom is 0.250 e. The molecular weight excluding hydrogens is 318 g/mol. The van der Waals surface area contributed by atoms with Gasteiger partial charge in [0.1, 0.15) is 17.8 Å². The quantitative estimate of drug-likeness (QED) is 0.456. The number of aliphatic hydroxyl groups is 1. The molecule has 2 unspecified atom stereocenters. The summed E-state index contributed by atoms with van der Waals surface area (Å²) in [4.78, 5) is 11.3. The van der Waals surface area contributed by atoms with Crippen LogP contribution in [0, 0.1) is 22.5 Å². The second-order valence-electron chi connectivity index (χ2n) is 5.66. The fourth-order valence-electron chi connectivity index (χ4n) is 3.19. The van der Waals surface area contributed by atoms with E-state index in [2.05, 4.69) is 5.92 Å². The number of nitro groups is 1. The zero-order valence-corrected chi connectivity index (χ0v) is 14.1. The Hall–Kier alpha value is -2.84. The van der Waals surface area contributed by atoms with E-state index in [0.717, 1.165) is 0 Å². The molecule has 0 radical (unpaired) electrons. The Morgan fingerprint density at radius 2 is 1.80 bits per heavy atom. The van der Waals surface area contributed by atoms with Crippen LogP contribution in [0.15, 0.2) is 54.6 Å². The number of hydrogen-bond acceptors (Lipinski definition) is 4. The smallest absolute Gasteiger partial charge is 0.250 e. The van der Waals surface area contributed by atoms with Gasteiger partial charge in [0.25, 0.3) is 0 Å². The van der Waals surface area contributed by atoms with E-state index in [1.165, 1.54) is 0 Å². The number of hydrogen-bond donors (Lipinski definition) is 1. The second kappa shape index (κ2) is 8.32. The van der Waals surface area contributed by atoms with Crippen molar-refractivity contribution >= 4 is 0 Å². The first-order chi connectivity index (χ1) is 12.1. The Kier molecular flexibility index (Phi) is 6.15. The third-order valence-electron chi connectivity index (χ3n) is 4.35. The predicted octanol–water partition coefficient (Wildman–Crippen LogP) is 3.03. The van der Waals surface area contributed by atoms with Crippen molar-refractivity contribution in [2.45, 2.75) is 24.8 Å². The first-order valence-corrected chi connectivity index (χ1v) is 8.06. The SMILES string of the molecule is C#CCC(c1ccccc1)(c1ccc(OCC)cc1)C(CO)[N+](=O)[O-]. The summed E-state index contributed by atoms with van der Waals surface area (Å²) in [5.74, 6) is 3.24. The van der Waals surface area contributed by atoms with Crippen LogP contribution in [0.5, 0.6) is 5.75 Å². The summed E-state index contributed by atoms with van der Waals surface area (Å²) in [5.41, 5.74) is 0.252. The lowest BCUT2D eigenvalue weighted by Crippen LogP contribution is -2.47. The molecular formula is C20H21NO4. The third kappa shape index (κ3) is 3.65. The fourth-order valence-corrected chi connectivity index (χ4v) is 3.19. The minimum Gasteiger partial charge on any atom is -0.494 e. The van der Waals surface area contributed by atoms with Crippen LogP contribution in [0.1, 0.15) is 24.5 Å². The average molecular weight is 339 g/mol. The summed E-state index contributed by atoms with van der Waals surface area (Å²) in [6.45, 7) is 1.80. The van der Waals surface area contributed by atoms with Gasteiger partial charge in [0, 0.05) is 11.3 Å². The molecule has 0 aliphatic heterocycles. The van der Waals surface area contributed by atoms with E-state index in [1.807, 2.05) is 25.1 Å². The number of aliphatic hydroxyl groups excluding tert-OH is 1. The Labute approximate surface area is 147 Å². The Bertz CT molecular complexity index is 737. The van der Waals surface area contributed by atoms with Gasteiger partial charge in [-0.3, -0.25) is 10.1 Å². The van der Waals surface area contributed by atoms with Gasteiger partial charge in [0.05, 0.1) is 6.61 Å². The van der Waals surface area contributed by atoms with E-state index in [-0.39, 0.29) is 6.42 Å². The van der Waals surface area contributed by atoms with Crippen molar-refractivity contribution in [3.8, 4) is 18.1 Å². The van der Waals surface area contributed by atoms with E-state index < -0.39 is 23.0 Å². The molecule has 0 saturated carbocycles. The molecule has 0 fully saturated rings. The topological polar surface area (TPSA) is 72.6 Å². The van der Waals surface area contributed by atoms with Gasteiger partial charge in [0.2, 0.25) is 6.04 Å². The molecule has 2 atom stereocenters. The third-order valence-corrected chi connectivity index (χ3v) is 4.35. The Balaban J connectivity index is 2.69. The van der Waals surface area contributed by atoms with Gasteiger partial charge in [0.15, 0.2) is 0 Å². The van der Waals surface area contributed by atoms with Crippen LogP contribution < -0.4 is 4.74 Å². The molecule has 5 nitrogen and oxygen atoms in total. The van der Waals surface area contributed by atoms with E-state index in [0.29, 0.717) is 23.5 Å². The maximum absolute atomic E-state index is 11.7. The molecule has 1 N–H and O–H groups in total. The van der Waals surface area contributed by atoms with Gasteiger partial charge in [-0.1, -0.05) is 42.5 Å². The fraction of sp³-hybridized carbons (Fsp3) is 0.300. The normalized spacial score (nSPS) is 14.1. The van der Waals surface area contributed by atoms with Crippen molar-refractivity contribution in [2.75, 3.05) is 13.2 Å². The molecule has 0 amide bonds. The second-order valence-corrected chi connectivity index (χ2v) is 5.66. The predicted molar refractivity (Wildman–Crippen MR) is 96.2 cm³/mol. The van der Waals surface area contributed by atoms with Crippen molar-refractivity contribution in [2.24, 2.45) is 0 Å². The van der Waals surface area contributed by atoms with Crippen LogP contribution in [0.2, 0.25) is 0 Å². The largest absolute Gasteiger partial charge is 0.494 e. The van der Waals surface area contributed by atoms with Crippen LogP contribution in [-0.4, -0.2) is 29.3 Å². The molecule has 0 bridgehead atoms. The molecule has 130 valence electrons. The molecule has 2 rings (SSSR count). The van der Waals surface area contributed by atoms with Crippen molar-refractivity contribution in [1.82, 2.24) is 0 Å². The van der Waals surface area contributed by atoms with Crippen LogP contribution in [0.25, 0.3) is 0 Å². The van der Waals surface area contributed by atoms with Gasteiger partial charge in [-0.05, 0) is 30.2 Å². The molecule has 0 heterocycles. The zero-order chi connectivity index (χ0) is 18.3. The van der Waals surface area contributed by atoms with Crippen LogP contribution >= 0.6 is 0 Å². The van der Waals surface area contributed by atoms with Crippen molar-refractivity contribution < 1.29 is 14.8 Å². The number of nitrogens with zero attached hydrogens (tertiary/aromatic N) is 1. The lowest BCUT2D eigenvalue weighted by molar-refractivity contribution is -0.536. The molecule has 0 aliphatic rings. The average Bonchev–Trinajstić information content (AvgIpc) is 2.63. The van der Waals surface area contributed by atoms with Crippen molar-refractivity contribution in [3.05, 3.63) is 75.8 Å². The number of terminal acetylenes is 1. The number of ether oxygens (including phenoxy) is 1. The number of rotatable bonds is 8. The van der Waals surface area contributed by atoms with Crippen LogP contribution in [0.3, 0.4) is 0 Å². The molecule has 0 saturated heterocycles. The molecule has 2 aromatic rings. The lowest BCUT2D eigenvalue weighted by Gasteiger charge is -2.35. The highest BCUT2D eigenvalue weighted by atomic mass is 16.6. The summed E-state index contributed by atoms with van der Waals surface area (Å²) in [7, 11) is 0. The maximum atomic E-state index is 11.7. The van der Waals surface area contributed by atoms with Crippen molar-refractivity contribution in [1.29, 1.82) is 0 Å². The van der Waals surface area contributed by atoms with Gasteiger partial charge in [-0.15, -0.1) is 12.3 Å². The first-order valence-electron chi connectivity index (χ1n) is 8.06. The standard InChI is InChI=1S/C20H21NO4/c1-3-14-20(19(15-22)21(23)24,16-8-6-5-7-9-16)17-10-12-18(13-11-17)25-4-2/h1,5-13,19,22H,4,14-15H2,2H3. The molecule has 5 heteroatoms. The monoisotopic (exact) mass is 339 g/mol. The highest BCUT2D eigenvalue weighted by molar-refractivity contribution is 5.44. The van der Waals surface area contributed by atoms with Gasteiger partial charge < -0.3 is 9.84 Å². The Morgan fingerprint density at radius 1 is 1.20 bits per heavy atom. The summed E-state index contributed by atoms with van der Waals surface area (Å²) < 4.78 is 5.45. The van der Waals surface area contributed by atoms with Gasteiger partial charge in [-0.2, -0.15) is 0 Å². The van der Waals surface area contributed by atoms with E-state index in [9.17, 15) is 15.2 Å². The van der Waals surface area contributed by atoms with Crippen LogP contribution in [0.4, 0.5) is 0 Å². The minimum absolute atomic E-state index is 0.0944. The molecule has 0 spiro atoms. The highest BCUT2D eigenvalue weighted by Gasteiger charge is 2.49. The highest BCUT2D eigenvalue weighted by Crippen LogP contribution is 2.40. The lowest BCUT2D eigenvalue weighted by atomic mass is 9.67. The van der Waals surface area contributed by atoms with E-state index in [1.54, 1.807) is 36.4 Å².